The highest BCUT2D eigenvalue weighted by Crippen LogP contribution is 2.23. The lowest BCUT2D eigenvalue weighted by atomic mass is 10.1. The van der Waals surface area contributed by atoms with Crippen molar-refractivity contribution in [2.75, 3.05) is 0 Å². The minimum Gasteiger partial charge on any atom is -0.368 e. The van der Waals surface area contributed by atoms with E-state index in [2.05, 4.69) is 10.6 Å². The van der Waals surface area contributed by atoms with Crippen LogP contribution in [0, 0.1) is 0 Å². The van der Waals surface area contributed by atoms with Gasteiger partial charge in [-0.1, -0.05) is 12.1 Å². The Morgan fingerprint density at radius 1 is 1.47 bits per heavy atom. The molecule has 19 heavy (non-hydrogen) atoms. The molecule has 1 fully saturated rings. The molecule has 1 heterocycles. The summed E-state index contributed by atoms with van der Waals surface area (Å²) in [6, 6.07) is 6.53. The molecule has 0 aromatic heterocycles. The maximum atomic E-state index is 11.9. The molecule has 2 amide bonds. The van der Waals surface area contributed by atoms with Crippen LogP contribution in [-0.2, 0) is 9.53 Å². The molecule has 1 aromatic rings. The fourth-order valence-corrected chi connectivity index (χ4v) is 1.79. The summed E-state index contributed by atoms with van der Waals surface area (Å²) in [6.07, 6.45) is -1.55. The molecule has 0 spiro atoms. The van der Waals surface area contributed by atoms with Crippen LogP contribution in [0.2, 0.25) is 0 Å². The Morgan fingerprint density at radius 2 is 2.16 bits per heavy atom. The average Bonchev–Trinajstić information content (AvgIpc) is 3.05. The first-order valence-corrected chi connectivity index (χ1v) is 6.02. The number of nitrogens with one attached hydrogen (secondary N) is 2. The van der Waals surface area contributed by atoms with E-state index in [-0.39, 0.29) is 17.9 Å². The summed E-state index contributed by atoms with van der Waals surface area (Å²) >= 11 is 0. The van der Waals surface area contributed by atoms with Crippen molar-refractivity contribution in [1.82, 2.24) is 10.6 Å². The number of amides is 2. The first-order chi connectivity index (χ1) is 8.97. The molecule has 1 saturated heterocycles. The number of aliphatic hydroxyl groups excluding tert-OH is 1. The second-order valence-corrected chi connectivity index (χ2v) is 4.42. The van der Waals surface area contributed by atoms with Gasteiger partial charge in [0.05, 0.1) is 0 Å². The van der Waals surface area contributed by atoms with E-state index in [1.54, 1.807) is 31.2 Å². The summed E-state index contributed by atoms with van der Waals surface area (Å²) in [5.41, 5.74) is 1.21. The Labute approximate surface area is 110 Å². The van der Waals surface area contributed by atoms with Gasteiger partial charge in [-0.25, -0.2) is 0 Å². The molecule has 0 bridgehead atoms. The third-order valence-corrected chi connectivity index (χ3v) is 2.68. The van der Waals surface area contributed by atoms with Gasteiger partial charge in [-0.15, -0.1) is 0 Å². The van der Waals surface area contributed by atoms with Crippen LogP contribution >= 0.6 is 0 Å². The van der Waals surface area contributed by atoms with Gasteiger partial charge in [0.15, 0.2) is 6.29 Å². The van der Waals surface area contributed by atoms with E-state index in [0.29, 0.717) is 5.56 Å². The quantitative estimate of drug-likeness (QED) is 0.526. The van der Waals surface area contributed by atoms with E-state index in [0.717, 1.165) is 5.56 Å². The van der Waals surface area contributed by atoms with Crippen molar-refractivity contribution in [3.63, 3.8) is 0 Å². The molecule has 1 aliphatic rings. The van der Waals surface area contributed by atoms with Gasteiger partial charge < -0.3 is 20.5 Å². The van der Waals surface area contributed by atoms with Crippen LogP contribution in [0.15, 0.2) is 24.3 Å². The molecule has 1 aliphatic heterocycles. The van der Waals surface area contributed by atoms with Gasteiger partial charge in [0, 0.05) is 5.56 Å². The van der Waals surface area contributed by atoms with Crippen molar-refractivity contribution in [3.8, 4) is 0 Å². The molecule has 0 saturated carbocycles. The Bertz CT molecular complexity index is 501. The average molecular weight is 264 g/mol. The molecule has 0 radical (unpaired) electrons. The monoisotopic (exact) mass is 264 g/mol. The first kappa shape index (κ1) is 13.5. The molecular formula is C13H16N2O4. The molecule has 3 atom stereocenters. The number of rotatable bonds is 5. The van der Waals surface area contributed by atoms with Gasteiger partial charge in [-0.3, -0.25) is 9.59 Å². The zero-order valence-electron chi connectivity index (χ0n) is 10.7. The molecule has 102 valence electrons. The van der Waals surface area contributed by atoms with Crippen molar-refractivity contribution < 1.29 is 19.4 Å². The van der Waals surface area contributed by atoms with E-state index in [9.17, 15) is 9.59 Å². The van der Waals surface area contributed by atoms with Gasteiger partial charge in [-0.2, -0.15) is 0 Å². The lowest BCUT2D eigenvalue weighted by molar-refractivity contribution is -0.123. The third-order valence-electron chi connectivity index (χ3n) is 2.68. The van der Waals surface area contributed by atoms with Crippen LogP contribution in [0.4, 0.5) is 0 Å². The van der Waals surface area contributed by atoms with Crippen LogP contribution in [-0.4, -0.2) is 29.4 Å². The van der Waals surface area contributed by atoms with Crippen LogP contribution < -0.4 is 10.6 Å². The van der Waals surface area contributed by atoms with Crippen molar-refractivity contribution in [3.05, 3.63) is 35.4 Å². The van der Waals surface area contributed by atoms with Crippen molar-refractivity contribution in [1.29, 1.82) is 0 Å². The third kappa shape index (κ3) is 3.52. The zero-order valence-corrected chi connectivity index (χ0v) is 10.7. The summed E-state index contributed by atoms with van der Waals surface area (Å²) < 4.78 is 5.01. The van der Waals surface area contributed by atoms with Crippen molar-refractivity contribution >= 4 is 11.8 Å². The number of benzene rings is 1. The minimum absolute atomic E-state index is 0.0386. The number of carbonyl (C=O) groups is 2. The summed E-state index contributed by atoms with van der Waals surface area (Å²) in [4.78, 5) is 22.9. The molecule has 0 aliphatic carbocycles. The summed E-state index contributed by atoms with van der Waals surface area (Å²) in [7, 11) is 0. The standard InChI is InChI=1S/C13H16N2O4/c1-7(19-8(2)16)14-12(17)10-5-3-4-9(6-10)11-13(18)15-11/h3-8,11,16H,1-2H3,(H,14,17)(H,15,18). The maximum Gasteiger partial charge on any atom is 0.253 e. The highest BCUT2D eigenvalue weighted by molar-refractivity contribution is 5.99. The topological polar surface area (TPSA) is 97.6 Å². The highest BCUT2D eigenvalue weighted by atomic mass is 16.6. The lowest BCUT2D eigenvalue weighted by Gasteiger charge is -2.16. The number of ether oxygens (including phenoxy) is 1. The van der Waals surface area contributed by atoms with Gasteiger partial charge in [-0.05, 0) is 31.5 Å². The highest BCUT2D eigenvalue weighted by Gasteiger charge is 2.35. The van der Waals surface area contributed by atoms with Crippen LogP contribution in [0.5, 0.6) is 0 Å². The largest absolute Gasteiger partial charge is 0.368 e. The van der Waals surface area contributed by atoms with Gasteiger partial charge >= 0.3 is 0 Å². The number of carbonyl (C=O) groups excluding carboxylic acids is 2. The zero-order chi connectivity index (χ0) is 14.0. The van der Waals surface area contributed by atoms with Gasteiger partial charge in [0.25, 0.3) is 5.91 Å². The Morgan fingerprint density at radius 3 is 2.74 bits per heavy atom. The van der Waals surface area contributed by atoms with Crippen LogP contribution in [0.1, 0.15) is 35.8 Å². The molecule has 6 heteroatoms. The predicted molar refractivity (Wildman–Crippen MR) is 67.0 cm³/mol. The first-order valence-electron chi connectivity index (χ1n) is 6.02. The van der Waals surface area contributed by atoms with Crippen molar-refractivity contribution in [2.45, 2.75) is 32.4 Å². The van der Waals surface area contributed by atoms with E-state index < -0.39 is 12.5 Å². The molecular weight excluding hydrogens is 248 g/mol. The molecule has 3 unspecified atom stereocenters. The fourth-order valence-electron chi connectivity index (χ4n) is 1.79. The van der Waals surface area contributed by atoms with Crippen LogP contribution in [0.3, 0.4) is 0 Å². The van der Waals surface area contributed by atoms with E-state index >= 15 is 0 Å². The second kappa shape index (κ2) is 5.38. The maximum absolute atomic E-state index is 11.9. The lowest BCUT2D eigenvalue weighted by Crippen LogP contribution is -2.36. The number of aliphatic hydroxyl groups is 1. The van der Waals surface area contributed by atoms with Gasteiger partial charge in [0.1, 0.15) is 12.3 Å². The van der Waals surface area contributed by atoms with Gasteiger partial charge in [0.2, 0.25) is 5.91 Å². The fraction of sp³-hybridized carbons (Fsp3) is 0.385. The predicted octanol–water partition coefficient (Wildman–Crippen LogP) is 0.288. The molecule has 3 N–H and O–H groups in total. The van der Waals surface area contributed by atoms with E-state index in [1.807, 2.05) is 0 Å². The minimum atomic E-state index is -0.949. The van der Waals surface area contributed by atoms with E-state index in [4.69, 9.17) is 9.84 Å². The number of hydrogen-bond acceptors (Lipinski definition) is 4. The number of hydrogen-bond donors (Lipinski definition) is 3. The van der Waals surface area contributed by atoms with Crippen LogP contribution in [0.25, 0.3) is 0 Å². The Balaban J connectivity index is 2.01. The Kier molecular flexibility index (Phi) is 3.82. The van der Waals surface area contributed by atoms with E-state index in [1.165, 1.54) is 6.92 Å². The summed E-state index contributed by atoms with van der Waals surface area (Å²) in [5.74, 6) is -0.355. The van der Waals surface area contributed by atoms with Crippen molar-refractivity contribution in [2.24, 2.45) is 0 Å². The smallest absolute Gasteiger partial charge is 0.253 e. The SMILES string of the molecule is CC(O)OC(C)NC(=O)c1cccc(C2NC2=O)c1. The molecule has 2 rings (SSSR count). The summed E-state index contributed by atoms with van der Waals surface area (Å²) in [6.45, 7) is 3.09. The normalized spacial score (nSPS) is 20.4. The summed E-state index contributed by atoms with van der Waals surface area (Å²) in [5, 5.41) is 14.3. The Hall–Kier alpha value is -1.92. The second-order valence-electron chi connectivity index (χ2n) is 4.42. The molecule has 1 aromatic carbocycles. The molecule has 6 nitrogen and oxygen atoms in total.